The van der Waals surface area contributed by atoms with Crippen molar-refractivity contribution in [2.45, 2.75) is 51.2 Å². The van der Waals surface area contributed by atoms with Crippen molar-refractivity contribution in [3.8, 4) is 0 Å². The number of carbonyl (C=O) groups excluding carboxylic acids is 2. The Morgan fingerprint density at radius 3 is 2.09 bits per heavy atom. The van der Waals surface area contributed by atoms with E-state index in [1.54, 1.807) is 18.7 Å². The number of hydrogen-bond acceptors (Lipinski definition) is 6. The van der Waals surface area contributed by atoms with Gasteiger partial charge in [-0.3, -0.25) is 19.8 Å². The zero-order valence-corrected chi connectivity index (χ0v) is 17.9. The average Bonchev–Trinajstić information content (AvgIpc) is 2.68. The third-order valence-corrected chi connectivity index (χ3v) is 5.05. The molecule has 1 aliphatic rings. The topological polar surface area (TPSA) is 226 Å². The summed E-state index contributed by atoms with van der Waals surface area (Å²) in [6.07, 6.45) is -1.72. The first-order chi connectivity index (χ1) is 14.8. The van der Waals surface area contributed by atoms with Crippen molar-refractivity contribution in [1.29, 1.82) is 5.41 Å². The number of carboxylic acids is 2. The van der Waals surface area contributed by atoms with Crippen molar-refractivity contribution >= 4 is 35.8 Å². The van der Waals surface area contributed by atoms with Gasteiger partial charge in [-0.15, -0.1) is 0 Å². The normalized spacial score (nSPS) is 16.0. The molecule has 3 amide bonds. The van der Waals surface area contributed by atoms with Crippen LogP contribution in [0, 0.1) is 11.3 Å². The van der Waals surface area contributed by atoms with E-state index in [0.29, 0.717) is 13.1 Å². The Morgan fingerprint density at radius 1 is 1.12 bits per heavy atom. The fraction of sp³-hybridized carbons (Fsp3) is 0.667. The molecular weight excluding hydrogens is 428 g/mol. The largest absolute Gasteiger partial charge is 0.481 e. The Kier molecular flexibility index (Phi) is 9.69. The van der Waals surface area contributed by atoms with Crippen molar-refractivity contribution in [1.82, 2.24) is 20.4 Å². The number of nitrogens with zero attached hydrogens (tertiary/aromatic N) is 2. The summed E-state index contributed by atoms with van der Waals surface area (Å²) < 4.78 is 0. The van der Waals surface area contributed by atoms with Gasteiger partial charge in [0.1, 0.15) is 18.6 Å². The molecule has 0 spiro atoms. The van der Waals surface area contributed by atoms with Gasteiger partial charge >= 0.3 is 18.0 Å². The molecule has 1 rings (SSSR count). The molecule has 0 aliphatic carbocycles. The molecule has 0 aromatic rings. The first kappa shape index (κ1) is 26.5. The molecule has 8 N–H and O–H groups in total. The lowest BCUT2D eigenvalue weighted by Crippen LogP contribution is -2.61. The summed E-state index contributed by atoms with van der Waals surface area (Å²) in [5.41, 5.74) is 5.49. The van der Waals surface area contributed by atoms with Crippen LogP contribution in [0.5, 0.6) is 0 Å². The molecule has 0 unspecified atom stereocenters. The van der Waals surface area contributed by atoms with E-state index in [9.17, 15) is 34.2 Å². The van der Waals surface area contributed by atoms with Gasteiger partial charge < -0.3 is 41.5 Å². The van der Waals surface area contributed by atoms with Crippen LogP contribution in [0.3, 0.4) is 0 Å². The van der Waals surface area contributed by atoms with Crippen molar-refractivity contribution in [3.05, 3.63) is 0 Å². The summed E-state index contributed by atoms with van der Waals surface area (Å²) in [6.45, 7) is 3.10. The van der Waals surface area contributed by atoms with Crippen LogP contribution in [0.1, 0.15) is 33.1 Å². The summed E-state index contributed by atoms with van der Waals surface area (Å²) in [7, 11) is 0. The predicted octanol–water partition coefficient (Wildman–Crippen LogP) is -1.49. The van der Waals surface area contributed by atoms with Crippen molar-refractivity contribution in [2.75, 3.05) is 19.6 Å². The minimum Gasteiger partial charge on any atom is -0.481 e. The monoisotopic (exact) mass is 458 g/mol. The van der Waals surface area contributed by atoms with Crippen LogP contribution >= 0.6 is 0 Å². The molecule has 0 bridgehead atoms. The van der Waals surface area contributed by atoms with Crippen LogP contribution in [-0.4, -0.2) is 98.7 Å². The van der Waals surface area contributed by atoms with E-state index < -0.39 is 66.9 Å². The number of carboxylic acid groups (broad SMARTS) is 3. The summed E-state index contributed by atoms with van der Waals surface area (Å²) in [5, 5.41) is 39.1. The third kappa shape index (κ3) is 7.59. The summed E-state index contributed by atoms with van der Waals surface area (Å²) in [6, 6.07) is -3.48. The van der Waals surface area contributed by atoms with Crippen LogP contribution in [0.2, 0.25) is 0 Å². The second kappa shape index (κ2) is 11.7. The van der Waals surface area contributed by atoms with Gasteiger partial charge in [0.2, 0.25) is 11.8 Å². The standard InChI is InChI=1S/C18H30N6O8/c1-9(2)14(16(29)30)24(10-3-5-23(6-4-10)17(19)20)15(28)11(7-13(26)27)22-12(25)8-21-18(31)32/h9-11,14,21H,3-8H2,1-2H3,(H3,19,20)(H,22,25)(H,26,27)(H,29,30)(H,31,32)/t11-,14-/m0/s1. The quantitative estimate of drug-likeness (QED) is 0.148. The van der Waals surface area contributed by atoms with Gasteiger partial charge in [-0.2, -0.15) is 0 Å². The van der Waals surface area contributed by atoms with Crippen molar-refractivity contribution < 1.29 is 39.3 Å². The minimum atomic E-state index is -1.60. The first-order valence-electron chi connectivity index (χ1n) is 9.97. The molecule has 14 nitrogen and oxygen atoms in total. The van der Waals surface area contributed by atoms with E-state index in [-0.39, 0.29) is 18.8 Å². The van der Waals surface area contributed by atoms with Crippen LogP contribution in [-0.2, 0) is 19.2 Å². The zero-order chi connectivity index (χ0) is 24.6. The lowest BCUT2D eigenvalue weighted by molar-refractivity contribution is -0.157. The van der Waals surface area contributed by atoms with E-state index in [4.69, 9.17) is 16.2 Å². The zero-order valence-electron chi connectivity index (χ0n) is 17.9. The molecule has 180 valence electrons. The summed E-state index contributed by atoms with van der Waals surface area (Å²) in [4.78, 5) is 62.0. The van der Waals surface area contributed by atoms with Crippen molar-refractivity contribution in [3.63, 3.8) is 0 Å². The predicted molar refractivity (Wildman–Crippen MR) is 110 cm³/mol. The summed E-state index contributed by atoms with van der Waals surface area (Å²) in [5.74, 6) is -5.19. The number of carbonyl (C=O) groups is 5. The Hall–Kier alpha value is -3.58. The van der Waals surface area contributed by atoms with E-state index in [2.05, 4.69) is 5.32 Å². The van der Waals surface area contributed by atoms with Crippen molar-refractivity contribution in [2.24, 2.45) is 11.7 Å². The molecule has 2 atom stereocenters. The Morgan fingerprint density at radius 2 is 1.69 bits per heavy atom. The number of aliphatic carboxylic acids is 2. The van der Waals surface area contributed by atoms with Crippen LogP contribution in [0.25, 0.3) is 0 Å². The highest BCUT2D eigenvalue weighted by molar-refractivity contribution is 5.94. The molecule has 0 saturated carbocycles. The van der Waals surface area contributed by atoms with Gasteiger partial charge in [-0.05, 0) is 18.8 Å². The van der Waals surface area contributed by atoms with Crippen LogP contribution in [0.15, 0.2) is 0 Å². The Balaban J connectivity index is 3.22. The average molecular weight is 458 g/mol. The lowest BCUT2D eigenvalue weighted by Gasteiger charge is -2.43. The number of rotatable bonds is 10. The van der Waals surface area contributed by atoms with Gasteiger partial charge in [-0.25, -0.2) is 9.59 Å². The molecule has 0 aromatic carbocycles. The van der Waals surface area contributed by atoms with Gasteiger partial charge in [-0.1, -0.05) is 13.8 Å². The number of hydrogen-bond donors (Lipinski definition) is 7. The Labute approximate surface area is 184 Å². The van der Waals surface area contributed by atoms with Gasteiger partial charge in [0.05, 0.1) is 6.42 Å². The fourth-order valence-corrected chi connectivity index (χ4v) is 3.61. The maximum absolute atomic E-state index is 13.4. The molecule has 1 aliphatic heterocycles. The Bertz CT molecular complexity index is 750. The highest BCUT2D eigenvalue weighted by atomic mass is 16.4. The molecule has 0 aromatic heterocycles. The highest BCUT2D eigenvalue weighted by Crippen LogP contribution is 2.24. The molecule has 1 fully saturated rings. The number of likely N-dealkylation sites (tertiary alicyclic amines) is 1. The SMILES string of the molecule is CC(C)[C@@H](C(=O)O)N(C(=O)[C@H](CC(=O)O)NC(=O)CNC(=O)O)C1CCN(C(=N)N)CC1. The van der Waals surface area contributed by atoms with Gasteiger partial charge in [0, 0.05) is 19.1 Å². The number of piperidine rings is 1. The molecular formula is C18H30N6O8. The molecule has 1 saturated heterocycles. The molecule has 14 heteroatoms. The van der Waals surface area contributed by atoms with Crippen LogP contribution in [0.4, 0.5) is 4.79 Å². The van der Waals surface area contributed by atoms with E-state index in [1.165, 1.54) is 0 Å². The third-order valence-electron chi connectivity index (χ3n) is 5.05. The molecule has 32 heavy (non-hydrogen) atoms. The number of nitrogens with two attached hydrogens (primary N) is 1. The minimum absolute atomic E-state index is 0.151. The second-order valence-corrected chi connectivity index (χ2v) is 7.75. The first-order valence-corrected chi connectivity index (χ1v) is 9.97. The van der Waals surface area contributed by atoms with Crippen LogP contribution < -0.4 is 16.4 Å². The summed E-state index contributed by atoms with van der Waals surface area (Å²) >= 11 is 0. The number of amides is 3. The van der Waals surface area contributed by atoms with Gasteiger partial charge in [0.15, 0.2) is 5.96 Å². The molecule has 1 heterocycles. The maximum Gasteiger partial charge on any atom is 0.405 e. The second-order valence-electron chi connectivity index (χ2n) is 7.75. The van der Waals surface area contributed by atoms with E-state index >= 15 is 0 Å². The fourth-order valence-electron chi connectivity index (χ4n) is 3.61. The lowest BCUT2D eigenvalue weighted by atomic mass is 9.94. The molecule has 0 radical (unpaired) electrons. The van der Waals surface area contributed by atoms with E-state index in [0.717, 1.165) is 4.90 Å². The highest BCUT2D eigenvalue weighted by Gasteiger charge is 2.42. The van der Waals surface area contributed by atoms with E-state index in [1.807, 2.05) is 5.32 Å². The van der Waals surface area contributed by atoms with Gasteiger partial charge in [0.25, 0.3) is 0 Å². The maximum atomic E-state index is 13.4. The smallest absolute Gasteiger partial charge is 0.405 e. The number of guanidine groups is 1. The number of nitrogens with one attached hydrogen (secondary N) is 3.